The highest BCUT2D eigenvalue weighted by Crippen LogP contribution is 2.20. The second-order valence-electron chi connectivity index (χ2n) is 4.59. The van der Waals surface area contributed by atoms with Crippen LogP contribution in [0.5, 0.6) is 0 Å². The van der Waals surface area contributed by atoms with Crippen molar-refractivity contribution in [3.63, 3.8) is 0 Å². The number of allylic oxidation sites excluding steroid dienone is 1. The molecule has 1 aliphatic heterocycles. The Kier molecular flexibility index (Phi) is 6.97. The molecule has 1 fully saturated rings. The number of ether oxygens (including phenoxy) is 2. The van der Waals surface area contributed by atoms with E-state index in [2.05, 4.69) is 18.1 Å². The molecule has 0 unspecified atom stereocenters. The van der Waals surface area contributed by atoms with Crippen molar-refractivity contribution in [2.75, 3.05) is 40.0 Å². The van der Waals surface area contributed by atoms with Crippen molar-refractivity contribution in [1.29, 1.82) is 0 Å². The van der Waals surface area contributed by atoms with Crippen LogP contribution < -0.4 is 0 Å². The topological polar surface area (TPSA) is 21.7 Å². The van der Waals surface area contributed by atoms with Gasteiger partial charge in [0.15, 0.2) is 0 Å². The molecule has 1 saturated heterocycles. The lowest BCUT2D eigenvalue weighted by Crippen LogP contribution is -2.36. The zero-order chi connectivity index (χ0) is 12.5. The summed E-state index contributed by atoms with van der Waals surface area (Å²) >= 11 is 0. The molecule has 0 saturated carbocycles. The molecule has 0 aromatic heterocycles. The van der Waals surface area contributed by atoms with Crippen molar-refractivity contribution in [3.05, 3.63) is 25.0 Å². The molecule has 98 valence electrons. The van der Waals surface area contributed by atoms with Gasteiger partial charge in [0.1, 0.15) is 5.76 Å². The predicted molar refractivity (Wildman–Crippen MR) is 70.9 cm³/mol. The van der Waals surface area contributed by atoms with Gasteiger partial charge in [-0.3, -0.25) is 0 Å². The van der Waals surface area contributed by atoms with Gasteiger partial charge in [0.2, 0.25) is 0 Å². The van der Waals surface area contributed by atoms with Crippen LogP contribution in [0.2, 0.25) is 0 Å². The van der Waals surface area contributed by atoms with E-state index in [1.807, 2.05) is 0 Å². The number of likely N-dealkylation sites (tertiary alicyclic amines) is 1. The summed E-state index contributed by atoms with van der Waals surface area (Å²) in [5.74, 6) is 1.48. The molecule has 1 heterocycles. The summed E-state index contributed by atoms with van der Waals surface area (Å²) in [6.45, 7) is 12.4. The molecule has 1 aliphatic rings. The summed E-state index contributed by atoms with van der Waals surface area (Å²) in [7, 11) is 1.76. The highest BCUT2D eigenvalue weighted by Gasteiger charge is 2.18. The molecule has 17 heavy (non-hydrogen) atoms. The minimum atomic E-state index is 0.683. The lowest BCUT2D eigenvalue weighted by molar-refractivity contribution is 0.109. The first kappa shape index (κ1) is 14.3. The number of hydrogen-bond donors (Lipinski definition) is 0. The molecule has 0 bridgehead atoms. The Bertz CT molecular complexity index is 232. The molecule has 3 heteroatoms. The van der Waals surface area contributed by atoms with Crippen LogP contribution in [-0.2, 0) is 9.47 Å². The van der Waals surface area contributed by atoms with E-state index < -0.39 is 0 Å². The highest BCUT2D eigenvalue weighted by atomic mass is 16.5. The van der Waals surface area contributed by atoms with Crippen LogP contribution in [0.4, 0.5) is 0 Å². The number of rotatable bonds is 8. The van der Waals surface area contributed by atoms with Crippen LogP contribution >= 0.6 is 0 Å². The molecule has 0 spiro atoms. The van der Waals surface area contributed by atoms with Gasteiger partial charge >= 0.3 is 0 Å². The fourth-order valence-corrected chi connectivity index (χ4v) is 2.13. The predicted octanol–water partition coefficient (Wildman–Crippen LogP) is 2.45. The Labute approximate surface area is 105 Å². The van der Waals surface area contributed by atoms with Gasteiger partial charge in [-0.05, 0) is 44.3 Å². The van der Waals surface area contributed by atoms with E-state index in [0.717, 1.165) is 32.1 Å². The molecule has 3 nitrogen and oxygen atoms in total. The second-order valence-corrected chi connectivity index (χ2v) is 4.59. The van der Waals surface area contributed by atoms with Crippen molar-refractivity contribution in [3.8, 4) is 0 Å². The summed E-state index contributed by atoms with van der Waals surface area (Å²) in [5.41, 5.74) is 0. The van der Waals surface area contributed by atoms with Crippen molar-refractivity contribution in [2.24, 2.45) is 5.92 Å². The summed E-state index contributed by atoms with van der Waals surface area (Å²) < 4.78 is 10.5. The molecule has 0 radical (unpaired) electrons. The molecule has 0 aromatic carbocycles. The first-order valence-corrected chi connectivity index (χ1v) is 6.41. The quantitative estimate of drug-likeness (QED) is 0.480. The zero-order valence-corrected chi connectivity index (χ0v) is 11.0. The van der Waals surface area contributed by atoms with Crippen molar-refractivity contribution in [2.45, 2.75) is 19.3 Å². The van der Waals surface area contributed by atoms with Gasteiger partial charge in [0.25, 0.3) is 0 Å². The Morgan fingerprint density at radius 1 is 1.35 bits per heavy atom. The zero-order valence-electron chi connectivity index (χ0n) is 11.0. The van der Waals surface area contributed by atoms with Gasteiger partial charge in [0, 0.05) is 13.7 Å². The summed E-state index contributed by atoms with van der Waals surface area (Å²) in [6.07, 6.45) is 5.33. The lowest BCUT2D eigenvalue weighted by atomic mass is 9.94. The van der Waals surface area contributed by atoms with E-state index in [0.29, 0.717) is 5.76 Å². The smallest absolute Gasteiger partial charge is 0.111 e. The van der Waals surface area contributed by atoms with Gasteiger partial charge in [-0.2, -0.15) is 0 Å². The van der Waals surface area contributed by atoms with Gasteiger partial charge in [-0.1, -0.05) is 13.2 Å². The van der Waals surface area contributed by atoms with Crippen LogP contribution in [0, 0.1) is 5.92 Å². The fraction of sp³-hybridized carbons (Fsp3) is 0.714. The number of hydrogen-bond acceptors (Lipinski definition) is 3. The number of methoxy groups -OCH3 is 1. The van der Waals surface area contributed by atoms with Gasteiger partial charge in [0.05, 0.1) is 13.2 Å². The van der Waals surface area contributed by atoms with Crippen LogP contribution in [-0.4, -0.2) is 44.9 Å². The van der Waals surface area contributed by atoms with Gasteiger partial charge in [-0.25, -0.2) is 0 Å². The van der Waals surface area contributed by atoms with E-state index in [1.165, 1.54) is 25.9 Å². The third-order valence-electron chi connectivity index (χ3n) is 3.36. The van der Waals surface area contributed by atoms with Crippen LogP contribution in [0.1, 0.15) is 19.3 Å². The third-order valence-corrected chi connectivity index (χ3v) is 3.36. The maximum Gasteiger partial charge on any atom is 0.111 e. The molecule has 0 atom stereocenters. The monoisotopic (exact) mass is 239 g/mol. The lowest BCUT2D eigenvalue weighted by Gasteiger charge is -2.31. The van der Waals surface area contributed by atoms with E-state index in [-0.39, 0.29) is 0 Å². The summed E-state index contributed by atoms with van der Waals surface area (Å²) in [4.78, 5) is 2.48. The number of nitrogens with zero attached hydrogens (tertiary/aromatic N) is 1. The summed E-state index contributed by atoms with van der Waals surface area (Å²) in [5, 5.41) is 0. The average Bonchev–Trinajstić information content (AvgIpc) is 2.37. The Morgan fingerprint density at radius 3 is 2.65 bits per heavy atom. The minimum Gasteiger partial charge on any atom is -0.494 e. The average molecular weight is 239 g/mol. The molecule has 0 N–H and O–H groups in total. The number of piperidine rings is 1. The standard InChI is InChI=1S/C14H25NO2/c1-4-13(2)17-11-7-14-5-8-15(9-6-14)10-12-16-3/h4,14H,1-2,5-12H2,3H3. The SMILES string of the molecule is C=CC(=C)OCCC1CCN(CCOC)CC1. The fourth-order valence-electron chi connectivity index (χ4n) is 2.13. The Hall–Kier alpha value is -0.800. The van der Waals surface area contributed by atoms with E-state index in [9.17, 15) is 0 Å². The molecular weight excluding hydrogens is 214 g/mol. The first-order valence-electron chi connectivity index (χ1n) is 6.41. The highest BCUT2D eigenvalue weighted by molar-refractivity contribution is 5.01. The van der Waals surface area contributed by atoms with Crippen molar-refractivity contribution < 1.29 is 9.47 Å². The Balaban J connectivity index is 2.06. The van der Waals surface area contributed by atoms with E-state index >= 15 is 0 Å². The molecule has 1 rings (SSSR count). The molecule has 0 amide bonds. The first-order chi connectivity index (χ1) is 8.26. The van der Waals surface area contributed by atoms with Gasteiger partial charge < -0.3 is 14.4 Å². The molecular formula is C14H25NO2. The van der Waals surface area contributed by atoms with Crippen LogP contribution in [0.25, 0.3) is 0 Å². The summed E-state index contributed by atoms with van der Waals surface area (Å²) in [6, 6.07) is 0. The second kappa shape index (κ2) is 8.31. The third kappa shape index (κ3) is 5.89. The molecule has 0 aromatic rings. The van der Waals surface area contributed by atoms with Crippen LogP contribution in [0.3, 0.4) is 0 Å². The largest absolute Gasteiger partial charge is 0.494 e. The van der Waals surface area contributed by atoms with Gasteiger partial charge in [-0.15, -0.1) is 0 Å². The van der Waals surface area contributed by atoms with Crippen molar-refractivity contribution >= 4 is 0 Å². The normalized spacial score (nSPS) is 17.9. The molecule has 0 aliphatic carbocycles. The maximum atomic E-state index is 5.44. The Morgan fingerprint density at radius 2 is 2.06 bits per heavy atom. The minimum absolute atomic E-state index is 0.683. The van der Waals surface area contributed by atoms with Crippen LogP contribution in [0.15, 0.2) is 25.0 Å². The van der Waals surface area contributed by atoms with Crippen molar-refractivity contribution in [1.82, 2.24) is 4.90 Å². The maximum absolute atomic E-state index is 5.44. The van der Waals surface area contributed by atoms with E-state index in [1.54, 1.807) is 13.2 Å². The van der Waals surface area contributed by atoms with E-state index in [4.69, 9.17) is 9.47 Å².